The molecule has 0 atom stereocenters. The van der Waals surface area contributed by atoms with E-state index in [1.807, 2.05) is 36.5 Å². The van der Waals surface area contributed by atoms with Gasteiger partial charge in [-0.1, -0.05) is 12.1 Å². The van der Waals surface area contributed by atoms with Crippen molar-refractivity contribution in [2.24, 2.45) is 0 Å². The first-order valence-electron chi connectivity index (χ1n) is 6.77. The maximum Gasteiger partial charge on any atom is 0.323 e. The summed E-state index contributed by atoms with van der Waals surface area (Å²) < 4.78 is 1.79. The van der Waals surface area contributed by atoms with Gasteiger partial charge in [0.2, 0.25) is 0 Å². The quantitative estimate of drug-likeness (QED) is 0.872. The largest absolute Gasteiger partial charge is 0.480 e. The van der Waals surface area contributed by atoms with E-state index in [0.29, 0.717) is 19.4 Å². The maximum atomic E-state index is 11.3. The fourth-order valence-electron chi connectivity index (χ4n) is 2.46. The lowest BCUT2D eigenvalue weighted by atomic mass is 9.76. The SMILES string of the molecule is O=C(O)C1(NCc2ccc(-n3cccn3)cc2)CCC1. The lowest BCUT2D eigenvalue weighted by Crippen LogP contribution is -2.56. The molecule has 0 unspecified atom stereocenters. The molecule has 104 valence electrons. The molecule has 1 heterocycles. The van der Waals surface area contributed by atoms with E-state index < -0.39 is 11.5 Å². The molecule has 0 aliphatic heterocycles. The van der Waals surface area contributed by atoms with E-state index in [4.69, 9.17) is 0 Å². The standard InChI is InChI=1S/C15H17N3O2/c19-14(20)15(7-1-8-15)16-11-12-3-5-13(6-4-12)18-10-2-9-17-18/h2-6,9-10,16H,1,7-8,11H2,(H,19,20). The van der Waals surface area contributed by atoms with E-state index in [9.17, 15) is 9.90 Å². The van der Waals surface area contributed by atoms with Gasteiger partial charge in [-0.15, -0.1) is 0 Å². The summed E-state index contributed by atoms with van der Waals surface area (Å²) in [7, 11) is 0. The molecule has 20 heavy (non-hydrogen) atoms. The van der Waals surface area contributed by atoms with Crippen LogP contribution in [0.5, 0.6) is 0 Å². The van der Waals surface area contributed by atoms with Crippen molar-refractivity contribution in [1.82, 2.24) is 15.1 Å². The van der Waals surface area contributed by atoms with Crippen molar-refractivity contribution in [2.45, 2.75) is 31.3 Å². The number of nitrogens with one attached hydrogen (secondary N) is 1. The Labute approximate surface area is 117 Å². The van der Waals surface area contributed by atoms with Crippen LogP contribution in [0.2, 0.25) is 0 Å². The minimum absolute atomic E-state index is 0.575. The Morgan fingerprint density at radius 1 is 1.35 bits per heavy atom. The molecular weight excluding hydrogens is 254 g/mol. The van der Waals surface area contributed by atoms with Gasteiger partial charge in [0.05, 0.1) is 5.69 Å². The number of carbonyl (C=O) groups is 1. The minimum atomic E-state index is -0.739. The molecule has 1 fully saturated rings. The Hall–Kier alpha value is -2.14. The van der Waals surface area contributed by atoms with Gasteiger partial charge in [-0.25, -0.2) is 4.68 Å². The van der Waals surface area contributed by atoms with Crippen molar-refractivity contribution in [1.29, 1.82) is 0 Å². The maximum absolute atomic E-state index is 11.3. The third-order valence-corrected chi connectivity index (χ3v) is 3.95. The van der Waals surface area contributed by atoms with Gasteiger partial charge in [-0.2, -0.15) is 5.10 Å². The predicted molar refractivity (Wildman–Crippen MR) is 74.6 cm³/mol. The second-order valence-electron chi connectivity index (χ2n) is 5.21. The third-order valence-electron chi connectivity index (χ3n) is 3.95. The first-order chi connectivity index (χ1) is 9.70. The van der Waals surface area contributed by atoms with Crippen LogP contribution in [0.4, 0.5) is 0 Å². The first-order valence-corrected chi connectivity index (χ1v) is 6.77. The van der Waals surface area contributed by atoms with E-state index in [1.165, 1.54) is 0 Å². The fraction of sp³-hybridized carbons (Fsp3) is 0.333. The smallest absolute Gasteiger partial charge is 0.323 e. The summed E-state index contributed by atoms with van der Waals surface area (Å²) in [5, 5.41) is 16.6. The number of aliphatic carboxylic acids is 1. The number of aromatic nitrogens is 2. The van der Waals surface area contributed by atoms with Gasteiger partial charge in [-0.05, 0) is 43.0 Å². The van der Waals surface area contributed by atoms with Crippen LogP contribution < -0.4 is 5.32 Å². The third kappa shape index (κ3) is 2.32. The Kier molecular flexibility index (Phi) is 3.28. The molecule has 3 rings (SSSR count). The van der Waals surface area contributed by atoms with E-state index >= 15 is 0 Å². The average molecular weight is 271 g/mol. The molecule has 0 radical (unpaired) electrons. The summed E-state index contributed by atoms with van der Waals surface area (Å²) in [5.74, 6) is -0.739. The number of nitrogens with zero attached hydrogens (tertiary/aromatic N) is 2. The summed E-state index contributed by atoms with van der Waals surface area (Å²) in [6.45, 7) is 0.575. The zero-order valence-electron chi connectivity index (χ0n) is 11.1. The van der Waals surface area contributed by atoms with Crippen LogP contribution in [-0.4, -0.2) is 26.4 Å². The number of hydrogen-bond acceptors (Lipinski definition) is 3. The van der Waals surface area contributed by atoms with E-state index in [-0.39, 0.29) is 0 Å². The second-order valence-corrected chi connectivity index (χ2v) is 5.21. The second kappa shape index (κ2) is 5.09. The Bertz CT molecular complexity index is 586. The fourth-order valence-corrected chi connectivity index (χ4v) is 2.46. The highest BCUT2D eigenvalue weighted by molar-refractivity contribution is 5.79. The highest BCUT2D eigenvalue weighted by Gasteiger charge is 2.43. The molecule has 0 amide bonds. The summed E-state index contributed by atoms with van der Waals surface area (Å²) >= 11 is 0. The topological polar surface area (TPSA) is 67.2 Å². The molecule has 0 bridgehead atoms. The van der Waals surface area contributed by atoms with Crippen molar-refractivity contribution >= 4 is 5.97 Å². The zero-order valence-corrected chi connectivity index (χ0v) is 11.1. The Balaban J connectivity index is 1.65. The molecule has 1 aliphatic rings. The van der Waals surface area contributed by atoms with Gasteiger partial charge in [-0.3, -0.25) is 10.1 Å². The number of carboxylic acid groups (broad SMARTS) is 1. The van der Waals surface area contributed by atoms with Gasteiger partial charge in [0.1, 0.15) is 5.54 Å². The molecule has 1 aromatic heterocycles. The average Bonchev–Trinajstić information content (AvgIpc) is 2.91. The van der Waals surface area contributed by atoms with Gasteiger partial charge in [0, 0.05) is 18.9 Å². The van der Waals surface area contributed by atoms with Crippen LogP contribution >= 0.6 is 0 Å². The number of benzene rings is 1. The van der Waals surface area contributed by atoms with Crippen molar-refractivity contribution in [3.8, 4) is 5.69 Å². The summed E-state index contributed by atoms with van der Waals surface area (Å²) in [6, 6.07) is 9.84. The van der Waals surface area contributed by atoms with Crippen molar-refractivity contribution in [3.05, 3.63) is 48.3 Å². The zero-order chi connectivity index (χ0) is 14.0. The number of rotatable bonds is 5. The highest BCUT2D eigenvalue weighted by atomic mass is 16.4. The molecule has 0 saturated heterocycles. The molecule has 5 heteroatoms. The van der Waals surface area contributed by atoms with Crippen LogP contribution in [0.25, 0.3) is 5.69 Å². The molecule has 1 aromatic carbocycles. The van der Waals surface area contributed by atoms with Crippen LogP contribution in [0.1, 0.15) is 24.8 Å². The summed E-state index contributed by atoms with van der Waals surface area (Å²) in [4.78, 5) is 11.3. The van der Waals surface area contributed by atoms with Gasteiger partial charge in [0.15, 0.2) is 0 Å². The molecule has 1 saturated carbocycles. The molecule has 2 N–H and O–H groups in total. The Morgan fingerprint density at radius 3 is 2.60 bits per heavy atom. The van der Waals surface area contributed by atoms with Crippen molar-refractivity contribution in [3.63, 3.8) is 0 Å². The molecule has 1 aliphatic carbocycles. The summed E-state index contributed by atoms with van der Waals surface area (Å²) in [5.41, 5.74) is 1.37. The lowest BCUT2D eigenvalue weighted by Gasteiger charge is -2.38. The van der Waals surface area contributed by atoms with Crippen molar-refractivity contribution in [2.75, 3.05) is 0 Å². The van der Waals surface area contributed by atoms with E-state index in [2.05, 4.69) is 10.4 Å². The highest BCUT2D eigenvalue weighted by Crippen LogP contribution is 2.32. The molecule has 2 aromatic rings. The normalized spacial score (nSPS) is 16.6. The monoisotopic (exact) mass is 271 g/mol. The van der Waals surface area contributed by atoms with Gasteiger partial charge >= 0.3 is 5.97 Å². The molecule has 0 spiro atoms. The van der Waals surface area contributed by atoms with Crippen LogP contribution in [0.3, 0.4) is 0 Å². The molecule has 5 nitrogen and oxygen atoms in total. The van der Waals surface area contributed by atoms with Crippen LogP contribution in [0.15, 0.2) is 42.7 Å². The Morgan fingerprint density at radius 2 is 2.10 bits per heavy atom. The van der Waals surface area contributed by atoms with Crippen LogP contribution in [-0.2, 0) is 11.3 Å². The van der Waals surface area contributed by atoms with Gasteiger partial charge in [0.25, 0.3) is 0 Å². The molecular formula is C15H17N3O2. The predicted octanol–water partition coefficient (Wildman–Crippen LogP) is 1.97. The van der Waals surface area contributed by atoms with Crippen molar-refractivity contribution < 1.29 is 9.90 Å². The minimum Gasteiger partial charge on any atom is -0.480 e. The lowest BCUT2D eigenvalue weighted by molar-refractivity contribution is -0.148. The van der Waals surface area contributed by atoms with Gasteiger partial charge < -0.3 is 5.11 Å². The van der Waals surface area contributed by atoms with Crippen LogP contribution in [0, 0.1) is 0 Å². The summed E-state index contributed by atoms with van der Waals surface area (Å²) in [6.07, 6.45) is 6.04. The van der Waals surface area contributed by atoms with E-state index in [0.717, 1.165) is 17.7 Å². The number of hydrogen-bond donors (Lipinski definition) is 2. The first kappa shape index (κ1) is 12.9. The number of carboxylic acids is 1. The van der Waals surface area contributed by atoms with E-state index in [1.54, 1.807) is 10.9 Å².